The summed E-state index contributed by atoms with van der Waals surface area (Å²) in [6.07, 6.45) is 2.84. The van der Waals surface area contributed by atoms with Crippen molar-refractivity contribution in [2.24, 2.45) is 0 Å². The summed E-state index contributed by atoms with van der Waals surface area (Å²) in [4.78, 5) is 0. The summed E-state index contributed by atoms with van der Waals surface area (Å²) in [7, 11) is 0. The molecule has 0 aromatic rings. The van der Waals surface area contributed by atoms with Crippen molar-refractivity contribution in [2.45, 2.75) is 13.2 Å². The average molecular weight is 166 g/mol. The third-order valence-corrected chi connectivity index (χ3v) is 0.993. The first-order valence-electron chi connectivity index (χ1n) is 3.72. The van der Waals surface area contributed by atoms with Crippen molar-refractivity contribution in [3.05, 3.63) is 25.3 Å². The van der Waals surface area contributed by atoms with Gasteiger partial charge in [0, 0.05) is 0 Å². The molecule has 0 aliphatic carbocycles. The van der Waals surface area contributed by atoms with E-state index in [1.165, 1.54) is 0 Å². The SMILES string of the molecule is C=CCOC(C#CC)OCC=C. The molecule has 0 aromatic heterocycles. The van der Waals surface area contributed by atoms with Gasteiger partial charge in [0.2, 0.25) is 6.29 Å². The lowest BCUT2D eigenvalue weighted by atomic mass is 10.5. The van der Waals surface area contributed by atoms with Crippen LogP contribution in [0.4, 0.5) is 0 Å². The monoisotopic (exact) mass is 166 g/mol. The summed E-state index contributed by atoms with van der Waals surface area (Å²) in [5.41, 5.74) is 0. The zero-order chi connectivity index (χ0) is 9.23. The van der Waals surface area contributed by atoms with E-state index < -0.39 is 6.29 Å². The van der Waals surface area contributed by atoms with Crippen molar-refractivity contribution in [3.63, 3.8) is 0 Å². The van der Waals surface area contributed by atoms with Gasteiger partial charge >= 0.3 is 0 Å². The summed E-state index contributed by atoms with van der Waals surface area (Å²) < 4.78 is 10.3. The molecule has 2 nitrogen and oxygen atoms in total. The third kappa shape index (κ3) is 5.72. The van der Waals surface area contributed by atoms with Crippen molar-refractivity contribution in [1.82, 2.24) is 0 Å². The fourth-order valence-corrected chi connectivity index (χ4v) is 0.560. The molecule has 0 aliphatic heterocycles. The molecule has 0 fully saturated rings. The molecule has 0 saturated carbocycles. The predicted octanol–water partition coefficient (Wildman–Crippen LogP) is 1.74. The fraction of sp³-hybridized carbons (Fsp3) is 0.400. The minimum Gasteiger partial charge on any atom is -0.338 e. The molecule has 0 aromatic carbocycles. The first-order valence-corrected chi connectivity index (χ1v) is 3.72. The molecule has 12 heavy (non-hydrogen) atoms. The zero-order valence-corrected chi connectivity index (χ0v) is 7.38. The minimum absolute atomic E-state index is 0.441. The Labute approximate surface area is 73.9 Å². The lowest BCUT2D eigenvalue weighted by molar-refractivity contribution is -0.0868. The normalized spacial score (nSPS) is 8.83. The van der Waals surface area contributed by atoms with Crippen LogP contribution in [-0.4, -0.2) is 19.5 Å². The third-order valence-electron chi connectivity index (χ3n) is 0.993. The van der Waals surface area contributed by atoms with E-state index in [2.05, 4.69) is 25.0 Å². The molecule has 0 aliphatic rings. The maximum Gasteiger partial charge on any atom is 0.223 e. The highest BCUT2D eigenvalue weighted by molar-refractivity contribution is 4.99. The van der Waals surface area contributed by atoms with E-state index in [-0.39, 0.29) is 0 Å². The molecule has 2 heteroatoms. The van der Waals surface area contributed by atoms with Crippen LogP contribution in [-0.2, 0) is 9.47 Å². The van der Waals surface area contributed by atoms with Crippen molar-refractivity contribution in [1.29, 1.82) is 0 Å². The number of ether oxygens (including phenoxy) is 2. The van der Waals surface area contributed by atoms with Gasteiger partial charge in [-0.25, -0.2) is 0 Å². The largest absolute Gasteiger partial charge is 0.338 e. The Hall–Kier alpha value is -1.04. The zero-order valence-electron chi connectivity index (χ0n) is 7.38. The molecule has 0 bridgehead atoms. The maximum absolute atomic E-state index is 5.17. The summed E-state index contributed by atoms with van der Waals surface area (Å²) in [5.74, 6) is 5.48. The van der Waals surface area contributed by atoms with Gasteiger partial charge in [0.05, 0.1) is 13.2 Å². The van der Waals surface area contributed by atoms with Gasteiger partial charge in [0.15, 0.2) is 0 Å². The van der Waals surface area contributed by atoms with E-state index in [9.17, 15) is 0 Å². The number of rotatable bonds is 6. The predicted molar refractivity (Wildman–Crippen MR) is 49.5 cm³/mol. The first kappa shape index (κ1) is 11.0. The second-order valence-corrected chi connectivity index (χ2v) is 1.97. The van der Waals surface area contributed by atoms with E-state index in [4.69, 9.17) is 9.47 Å². The molecule has 0 amide bonds. The topological polar surface area (TPSA) is 18.5 Å². The van der Waals surface area contributed by atoms with Gasteiger partial charge in [-0.3, -0.25) is 0 Å². The van der Waals surface area contributed by atoms with E-state index in [1.807, 2.05) is 0 Å². The molecule has 0 N–H and O–H groups in total. The van der Waals surface area contributed by atoms with Gasteiger partial charge < -0.3 is 9.47 Å². The maximum atomic E-state index is 5.17. The fourth-order valence-electron chi connectivity index (χ4n) is 0.560. The first-order chi connectivity index (χ1) is 5.85. The van der Waals surface area contributed by atoms with Crippen LogP contribution >= 0.6 is 0 Å². The molecule has 0 radical (unpaired) electrons. The van der Waals surface area contributed by atoms with E-state index in [0.717, 1.165) is 0 Å². The Balaban J connectivity index is 3.73. The number of hydrogen-bond donors (Lipinski definition) is 0. The van der Waals surface area contributed by atoms with Crippen LogP contribution in [0.25, 0.3) is 0 Å². The Morgan fingerprint density at radius 3 is 2.08 bits per heavy atom. The Morgan fingerprint density at radius 2 is 1.75 bits per heavy atom. The van der Waals surface area contributed by atoms with E-state index >= 15 is 0 Å². The quantitative estimate of drug-likeness (QED) is 0.340. The average Bonchev–Trinajstić information content (AvgIpc) is 2.10. The Morgan fingerprint density at radius 1 is 1.25 bits per heavy atom. The van der Waals surface area contributed by atoms with E-state index in [0.29, 0.717) is 13.2 Å². The van der Waals surface area contributed by atoms with Crippen molar-refractivity contribution >= 4 is 0 Å². The highest BCUT2D eigenvalue weighted by Gasteiger charge is 2.01. The molecule has 0 heterocycles. The second kappa shape index (κ2) is 8.06. The van der Waals surface area contributed by atoms with Gasteiger partial charge in [-0.1, -0.05) is 12.2 Å². The minimum atomic E-state index is -0.467. The molecular weight excluding hydrogens is 152 g/mol. The van der Waals surface area contributed by atoms with Crippen LogP contribution in [0.2, 0.25) is 0 Å². The summed E-state index contributed by atoms with van der Waals surface area (Å²) >= 11 is 0. The lowest BCUT2D eigenvalue weighted by Gasteiger charge is -2.09. The molecule has 0 saturated heterocycles. The van der Waals surface area contributed by atoms with E-state index in [1.54, 1.807) is 19.1 Å². The molecule has 0 rings (SSSR count). The highest BCUT2D eigenvalue weighted by atomic mass is 16.7. The van der Waals surface area contributed by atoms with Crippen LogP contribution in [0.1, 0.15) is 6.92 Å². The Kier molecular flexibility index (Phi) is 7.36. The van der Waals surface area contributed by atoms with Crippen LogP contribution in [0, 0.1) is 11.8 Å². The van der Waals surface area contributed by atoms with Crippen LogP contribution < -0.4 is 0 Å². The smallest absolute Gasteiger partial charge is 0.223 e. The van der Waals surface area contributed by atoms with Crippen LogP contribution in [0.5, 0.6) is 0 Å². The summed E-state index contributed by atoms with van der Waals surface area (Å²) in [6.45, 7) is 9.67. The second-order valence-electron chi connectivity index (χ2n) is 1.97. The molecule has 0 spiro atoms. The highest BCUT2D eigenvalue weighted by Crippen LogP contribution is 1.93. The summed E-state index contributed by atoms with van der Waals surface area (Å²) in [5, 5.41) is 0. The molecule has 66 valence electrons. The van der Waals surface area contributed by atoms with Gasteiger partial charge in [-0.05, 0) is 12.8 Å². The summed E-state index contributed by atoms with van der Waals surface area (Å²) in [6, 6.07) is 0. The van der Waals surface area contributed by atoms with Gasteiger partial charge in [-0.2, -0.15) is 0 Å². The van der Waals surface area contributed by atoms with Gasteiger partial charge in [-0.15, -0.1) is 19.1 Å². The lowest BCUT2D eigenvalue weighted by Crippen LogP contribution is -2.15. The molecule has 0 unspecified atom stereocenters. The van der Waals surface area contributed by atoms with Gasteiger partial charge in [0.1, 0.15) is 0 Å². The molecular formula is C10H14O2. The van der Waals surface area contributed by atoms with Crippen LogP contribution in [0.15, 0.2) is 25.3 Å². The van der Waals surface area contributed by atoms with Crippen molar-refractivity contribution in [2.75, 3.05) is 13.2 Å². The van der Waals surface area contributed by atoms with Gasteiger partial charge in [0.25, 0.3) is 0 Å². The van der Waals surface area contributed by atoms with Crippen LogP contribution in [0.3, 0.4) is 0 Å². The van der Waals surface area contributed by atoms with Crippen molar-refractivity contribution in [3.8, 4) is 11.8 Å². The number of hydrogen-bond acceptors (Lipinski definition) is 2. The Bertz CT molecular complexity index is 174. The van der Waals surface area contributed by atoms with Crippen molar-refractivity contribution < 1.29 is 9.47 Å². The molecule has 0 atom stereocenters. The standard InChI is InChI=1S/C10H14O2/c1-4-7-10(11-8-5-2)12-9-6-3/h5-6,10H,2-3,8-9H2,1H3.